The normalized spacial score (nSPS) is 14.5. The van der Waals surface area contributed by atoms with Crippen molar-refractivity contribution in [3.63, 3.8) is 0 Å². The molecule has 2 amide bonds. The molecule has 15 heavy (non-hydrogen) atoms. The summed E-state index contributed by atoms with van der Waals surface area (Å²) >= 11 is 0. The fourth-order valence-electron chi connectivity index (χ4n) is 0.970. The Morgan fingerprint density at radius 2 is 1.60 bits per heavy atom. The minimum absolute atomic E-state index is 0.196. The predicted octanol–water partition coefficient (Wildman–Crippen LogP) is -0.471. The Morgan fingerprint density at radius 3 is 2.00 bits per heavy atom. The highest BCUT2D eigenvalue weighted by Crippen LogP contribution is 2.11. The third kappa shape index (κ3) is 4.75. The van der Waals surface area contributed by atoms with Gasteiger partial charge in [-0.3, -0.25) is 19.9 Å². The van der Waals surface area contributed by atoms with E-state index in [0.717, 1.165) is 0 Å². The average Bonchev–Trinajstić information content (AvgIpc) is 2.14. The van der Waals surface area contributed by atoms with Gasteiger partial charge in [0.15, 0.2) is 0 Å². The summed E-state index contributed by atoms with van der Waals surface area (Å²) in [5, 5.41) is 1.54. The lowest BCUT2D eigenvalue weighted by Gasteiger charge is -2.20. The molecule has 0 bridgehead atoms. The lowest BCUT2D eigenvalue weighted by molar-refractivity contribution is -0.141. The van der Waals surface area contributed by atoms with E-state index in [4.69, 9.17) is 0 Å². The molecule has 0 aliphatic rings. The van der Waals surface area contributed by atoms with Crippen LogP contribution >= 0.6 is 0 Å². The van der Waals surface area contributed by atoms with Crippen LogP contribution in [0.2, 0.25) is 0 Å². The Bertz CT molecular complexity index is 231. The zero-order valence-corrected chi connectivity index (χ0v) is 9.83. The van der Waals surface area contributed by atoms with E-state index < -0.39 is 11.8 Å². The van der Waals surface area contributed by atoms with E-state index in [0.29, 0.717) is 0 Å². The van der Waals surface area contributed by atoms with E-state index in [2.05, 4.69) is 15.7 Å². The fourth-order valence-corrected chi connectivity index (χ4v) is 0.970. The van der Waals surface area contributed by atoms with E-state index in [9.17, 15) is 9.59 Å². The first kappa shape index (κ1) is 13.9. The maximum absolute atomic E-state index is 11.5. The van der Waals surface area contributed by atoms with Crippen LogP contribution in [-0.2, 0) is 14.4 Å². The highest BCUT2D eigenvalue weighted by atomic mass is 16.6. The van der Waals surface area contributed by atoms with Crippen molar-refractivity contribution in [2.75, 3.05) is 21.2 Å². The first-order chi connectivity index (χ1) is 6.90. The largest absolute Gasteiger partial charge is 0.289 e. The summed E-state index contributed by atoms with van der Waals surface area (Å²) < 4.78 is 0. The van der Waals surface area contributed by atoms with Crippen LogP contribution in [0, 0.1) is 11.8 Å². The summed E-state index contributed by atoms with van der Waals surface area (Å²) in [5.74, 6) is -1.36. The molecule has 0 aliphatic heterocycles. The third-order valence-corrected chi connectivity index (χ3v) is 2.11. The van der Waals surface area contributed by atoms with Crippen molar-refractivity contribution in [2.45, 2.75) is 13.8 Å². The minimum Gasteiger partial charge on any atom is -0.289 e. The molecule has 2 N–H and O–H groups in total. The molecule has 0 fully saturated rings. The van der Waals surface area contributed by atoms with Gasteiger partial charge in [-0.2, -0.15) is 0 Å². The molecule has 6 heteroatoms. The number of hydrazine groups is 1. The zero-order chi connectivity index (χ0) is 12.0. The first-order valence-electron chi connectivity index (χ1n) is 4.70. The Kier molecular flexibility index (Phi) is 5.88. The van der Waals surface area contributed by atoms with Gasteiger partial charge in [0.05, 0.1) is 7.11 Å². The molecule has 0 heterocycles. The van der Waals surface area contributed by atoms with Crippen molar-refractivity contribution < 1.29 is 14.4 Å². The van der Waals surface area contributed by atoms with Crippen LogP contribution in [0.3, 0.4) is 0 Å². The van der Waals surface area contributed by atoms with Gasteiger partial charge in [-0.1, -0.05) is 13.8 Å². The van der Waals surface area contributed by atoms with E-state index >= 15 is 0 Å². The molecular formula is C9H19N3O3. The fraction of sp³-hybridized carbons (Fsp3) is 0.778. The SMILES string of the molecule is CONC(=O)C(C)[C@@H](C)C(=O)NN(C)C. The number of hydrogen-bond donors (Lipinski definition) is 2. The van der Waals surface area contributed by atoms with Crippen molar-refractivity contribution in [1.29, 1.82) is 0 Å². The van der Waals surface area contributed by atoms with E-state index in [1.165, 1.54) is 7.11 Å². The molecule has 0 aromatic rings. The molecule has 0 saturated carbocycles. The van der Waals surface area contributed by atoms with Gasteiger partial charge in [0.1, 0.15) is 0 Å². The molecular weight excluding hydrogens is 198 g/mol. The number of nitrogens with zero attached hydrogens (tertiary/aromatic N) is 1. The molecule has 0 rings (SSSR count). The van der Waals surface area contributed by atoms with Gasteiger partial charge in [0, 0.05) is 25.9 Å². The summed E-state index contributed by atoms with van der Waals surface area (Å²) in [7, 11) is 4.78. The Balaban J connectivity index is 4.24. The molecule has 2 atom stereocenters. The van der Waals surface area contributed by atoms with Gasteiger partial charge in [-0.15, -0.1) is 0 Å². The van der Waals surface area contributed by atoms with Crippen molar-refractivity contribution in [2.24, 2.45) is 11.8 Å². The summed E-state index contributed by atoms with van der Waals surface area (Å²) in [6, 6.07) is 0. The number of hydrogen-bond acceptors (Lipinski definition) is 4. The standard InChI is InChI=1S/C9H19N3O3/c1-6(8(13)10-12(3)4)7(2)9(14)11-15-5/h6-7H,1-5H3,(H,10,13)(H,11,14)/t6-,7?/m1/s1. The first-order valence-corrected chi connectivity index (χ1v) is 4.70. The summed E-state index contributed by atoms with van der Waals surface area (Å²) in [5.41, 5.74) is 4.80. The topological polar surface area (TPSA) is 70.7 Å². The molecule has 0 spiro atoms. The quantitative estimate of drug-likeness (QED) is 0.611. The van der Waals surface area contributed by atoms with E-state index in [1.54, 1.807) is 33.0 Å². The average molecular weight is 217 g/mol. The Hall–Kier alpha value is -1.14. The van der Waals surface area contributed by atoms with Crippen molar-refractivity contribution >= 4 is 11.8 Å². The van der Waals surface area contributed by atoms with Crippen molar-refractivity contribution in [1.82, 2.24) is 15.9 Å². The van der Waals surface area contributed by atoms with Crippen LogP contribution in [0.15, 0.2) is 0 Å². The zero-order valence-electron chi connectivity index (χ0n) is 9.83. The number of nitrogens with one attached hydrogen (secondary N) is 2. The van der Waals surface area contributed by atoms with Gasteiger partial charge >= 0.3 is 0 Å². The molecule has 0 aliphatic carbocycles. The lowest BCUT2D eigenvalue weighted by atomic mass is 9.95. The maximum Gasteiger partial charge on any atom is 0.247 e. The molecule has 0 aromatic heterocycles. The molecule has 0 aromatic carbocycles. The molecule has 6 nitrogen and oxygen atoms in total. The Morgan fingerprint density at radius 1 is 1.13 bits per heavy atom. The van der Waals surface area contributed by atoms with Gasteiger partial charge in [-0.05, 0) is 0 Å². The van der Waals surface area contributed by atoms with Crippen LogP contribution in [0.1, 0.15) is 13.8 Å². The van der Waals surface area contributed by atoms with Crippen molar-refractivity contribution in [3.05, 3.63) is 0 Å². The monoisotopic (exact) mass is 217 g/mol. The number of carbonyl (C=O) groups excluding carboxylic acids is 2. The second-order valence-electron chi connectivity index (χ2n) is 3.62. The van der Waals surface area contributed by atoms with E-state index in [-0.39, 0.29) is 11.8 Å². The predicted molar refractivity (Wildman–Crippen MR) is 55.3 cm³/mol. The summed E-state index contributed by atoms with van der Waals surface area (Å²) in [6.45, 7) is 3.37. The second kappa shape index (κ2) is 6.36. The summed E-state index contributed by atoms with van der Waals surface area (Å²) in [6.07, 6.45) is 0. The molecule has 0 radical (unpaired) electrons. The van der Waals surface area contributed by atoms with Gasteiger partial charge < -0.3 is 0 Å². The number of carbonyl (C=O) groups is 2. The smallest absolute Gasteiger partial charge is 0.247 e. The number of rotatable bonds is 5. The minimum atomic E-state index is -0.440. The van der Waals surface area contributed by atoms with Gasteiger partial charge in [-0.25, -0.2) is 10.5 Å². The van der Waals surface area contributed by atoms with Crippen molar-refractivity contribution in [3.8, 4) is 0 Å². The number of hydroxylamine groups is 1. The van der Waals surface area contributed by atoms with Crippen LogP contribution in [-0.4, -0.2) is 38.0 Å². The second-order valence-corrected chi connectivity index (χ2v) is 3.62. The molecule has 1 unspecified atom stereocenters. The van der Waals surface area contributed by atoms with Crippen LogP contribution < -0.4 is 10.9 Å². The Labute approximate surface area is 89.9 Å². The third-order valence-electron chi connectivity index (χ3n) is 2.11. The highest BCUT2D eigenvalue weighted by Gasteiger charge is 2.26. The van der Waals surface area contributed by atoms with Gasteiger partial charge in [0.2, 0.25) is 11.8 Å². The maximum atomic E-state index is 11.5. The van der Waals surface area contributed by atoms with Crippen LogP contribution in [0.4, 0.5) is 0 Å². The lowest BCUT2D eigenvalue weighted by Crippen LogP contribution is -2.44. The highest BCUT2D eigenvalue weighted by molar-refractivity contribution is 5.86. The summed E-state index contributed by atoms with van der Waals surface area (Å²) in [4.78, 5) is 27.4. The van der Waals surface area contributed by atoms with E-state index in [1.807, 2.05) is 0 Å². The van der Waals surface area contributed by atoms with Crippen LogP contribution in [0.5, 0.6) is 0 Å². The van der Waals surface area contributed by atoms with Gasteiger partial charge in [0.25, 0.3) is 0 Å². The molecule has 88 valence electrons. The van der Waals surface area contributed by atoms with Crippen LogP contribution in [0.25, 0.3) is 0 Å². The molecule has 0 saturated heterocycles. The number of amides is 2.